The molecule has 9 nitrogen and oxygen atoms in total. The number of rotatable bonds is 5. The van der Waals surface area contributed by atoms with E-state index < -0.39 is 0 Å². The van der Waals surface area contributed by atoms with Gasteiger partial charge in [-0.05, 0) is 44.0 Å². The second kappa shape index (κ2) is 7.63. The van der Waals surface area contributed by atoms with E-state index in [1.54, 1.807) is 18.0 Å². The minimum atomic E-state index is -0.340. The zero-order chi connectivity index (χ0) is 19.5. The van der Waals surface area contributed by atoms with Gasteiger partial charge >= 0.3 is 0 Å². The Labute approximate surface area is 162 Å². The molecule has 1 N–H and O–H groups in total. The molecule has 1 aromatic carbocycles. The largest absolute Gasteiger partial charge is 0.497 e. The molecule has 0 unspecified atom stereocenters. The lowest BCUT2D eigenvalue weighted by Crippen LogP contribution is -2.23. The summed E-state index contributed by atoms with van der Waals surface area (Å²) in [6, 6.07) is 7.39. The number of ether oxygens (including phenoxy) is 1. The number of carbonyl (C=O) groups is 1. The van der Waals surface area contributed by atoms with Crippen molar-refractivity contribution in [3.63, 3.8) is 0 Å². The Morgan fingerprint density at radius 2 is 1.93 bits per heavy atom. The van der Waals surface area contributed by atoms with Crippen molar-refractivity contribution in [2.75, 3.05) is 30.4 Å². The fraction of sp³-hybridized carbons (Fsp3) is 0.316. The number of hydrogen-bond donors (Lipinski definition) is 1. The summed E-state index contributed by atoms with van der Waals surface area (Å²) in [7, 11) is 1.61. The van der Waals surface area contributed by atoms with Crippen LogP contribution in [0.2, 0.25) is 0 Å². The first kappa shape index (κ1) is 17.9. The van der Waals surface area contributed by atoms with Crippen LogP contribution in [0.15, 0.2) is 36.8 Å². The SMILES string of the molecule is COc1ccc(-n2nnc(C(=O)Nc3cncnc3N3CCCC3)c2C)cc1. The molecular weight excluding hydrogens is 358 g/mol. The molecule has 0 spiro atoms. The minimum absolute atomic E-state index is 0.257. The first-order chi connectivity index (χ1) is 13.7. The van der Waals surface area contributed by atoms with E-state index in [9.17, 15) is 4.79 Å². The molecule has 1 fully saturated rings. The summed E-state index contributed by atoms with van der Waals surface area (Å²) >= 11 is 0. The predicted octanol–water partition coefficient (Wildman–Crippen LogP) is 2.23. The number of benzene rings is 1. The van der Waals surface area contributed by atoms with Crippen molar-refractivity contribution in [3.05, 3.63) is 48.2 Å². The van der Waals surface area contributed by atoms with Gasteiger partial charge in [0.15, 0.2) is 11.5 Å². The maximum atomic E-state index is 12.8. The highest BCUT2D eigenvalue weighted by Gasteiger charge is 2.22. The number of nitrogens with zero attached hydrogens (tertiary/aromatic N) is 6. The van der Waals surface area contributed by atoms with Crippen molar-refractivity contribution >= 4 is 17.4 Å². The van der Waals surface area contributed by atoms with Crippen molar-refractivity contribution in [1.29, 1.82) is 0 Å². The van der Waals surface area contributed by atoms with Crippen molar-refractivity contribution < 1.29 is 9.53 Å². The van der Waals surface area contributed by atoms with Crippen LogP contribution in [-0.2, 0) is 0 Å². The Balaban J connectivity index is 1.57. The Kier molecular flexibility index (Phi) is 4.88. The van der Waals surface area contributed by atoms with Gasteiger partial charge in [-0.1, -0.05) is 5.21 Å². The second-order valence-electron chi connectivity index (χ2n) is 6.54. The summed E-state index contributed by atoms with van der Waals surface area (Å²) in [4.78, 5) is 23.4. The average molecular weight is 379 g/mol. The number of hydrogen-bond acceptors (Lipinski definition) is 7. The van der Waals surface area contributed by atoms with E-state index >= 15 is 0 Å². The molecule has 0 saturated carbocycles. The van der Waals surface area contributed by atoms with Crippen LogP contribution in [0.3, 0.4) is 0 Å². The lowest BCUT2D eigenvalue weighted by molar-refractivity contribution is 0.102. The third-order valence-corrected chi connectivity index (χ3v) is 4.77. The first-order valence-electron chi connectivity index (χ1n) is 9.10. The minimum Gasteiger partial charge on any atom is -0.497 e. The number of methoxy groups -OCH3 is 1. The van der Waals surface area contributed by atoms with Crippen LogP contribution >= 0.6 is 0 Å². The predicted molar refractivity (Wildman–Crippen MR) is 104 cm³/mol. The molecule has 0 atom stereocenters. The number of nitrogens with one attached hydrogen (secondary N) is 1. The molecule has 0 bridgehead atoms. The normalized spacial score (nSPS) is 13.6. The van der Waals surface area contributed by atoms with Crippen molar-refractivity contribution in [1.82, 2.24) is 25.0 Å². The average Bonchev–Trinajstić information content (AvgIpc) is 3.38. The maximum absolute atomic E-state index is 12.8. The van der Waals surface area contributed by atoms with E-state index in [1.165, 1.54) is 6.33 Å². The van der Waals surface area contributed by atoms with Gasteiger partial charge in [0.2, 0.25) is 0 Å². The summed E-state index contributed by atoms with van der Waals surface area (Å²) in [5.74, 6) is 1.14. The molecular formula is C19H21N7O2. The summed E-state index contributed by atoms with van der Waals surface area (Å²) in [5, 5.41) is 11.1. The van der Waals surface area contributed by atoms with Crippen LogP contribution in [0.4, 0.5) is 11.5 Å². The summed E-state index contributed by atoms with van der Waals surface area (Å²) in [6.07, 6.45) is 5.34. The van der Waals surface area contributed by atoms with Crippen LogP contribution in [0.5, 0.6) is 5.75 Å². The van der Waals surface area contributed by atoms with Gasteiger partial charge in [0, 0.05) is 13.1 Å². The van der Waals surface area contributed by atoms with Crippen molar-refractivity contribution in [2.45, 2.75) is 19.8 Å². The fourth-order valence-corrected chi connectivity index (χ4v) is 3.28. The van der Waals surface area contributed by atoms with Gasteiger partial charge in [-0.15, -0.1) is 5.10 Å². The standard InChI is InChI=1S/C19H21N7O2/c1-13-17(23-24-26(13)14-5-7-15(28-2)8-6-14)19(27)22-16-11-20-12-21-18(16)25-9-3-4-10-25/h5-8,11-12H,3-4,9-10H2,1-2H3,(H,22,27). The van der Waals surface area contributed by atoms with E-state index in [0.717, 1.165) is 43.2 Å². The summed E-state index contributed by atoms with van der Waals surface area (Å²) in [5.41, 5.74) is 2.27. The first-order valence-corrected chi connectivity index (χ1v) is 9.10. The van der Waals surface area contributed by atoms with Gasteiger partial charge in [-0.3, -0.25) is 4.79 Å². The molecule has 28 heavy (non-hydrogen) atoms. The summed E-state index contributed by atoms with van der Waals surface area (Å²) < 4.78 is 6.80. The van der Waals surface area contributed by atoms with Gasteiger partial charge in [-0.25, -0.2) is 14.6 Å². The van der Waals surface area contributed by atoms with E-state index in [0.29, 0.717) is 11.4 Å². The van der Waals surface area contributed by atoms with E-state index in [1.807, 2.05) is 31.2 Å². The third-order valence-electron chi connectivity index (χ3n) is 4.77. The smallest absolute Gasteiger partial charge is 0.278 e. The molecule has 1 aliphatic rings. The number of anilines is 2. The Hall–Kier alpha value is -3.49. The van der Waals surface area contributed by atoms with Crippen LogP contribution in [0.25, 0.3) is 5.69 Å². The molecule has 3 aromatic rings. The molecule has 0 radical (unpaired) electrons. The zero-order valence-corrected chi connectivity index (χ0v) is 15.8. The molecule has 144 valence electrons. The molecule has 1 aliphatic heterocycles. The van der Waals surface area contributed by atoms with Crippen LogP contribution in [0.1, 0.15) is 29.0 Å². The molecule has 4 rings (SSSR count). The van der Waals surface area contributed by atoms with Crippen molar-refractivity contribution in [2.24, 2.45) is 0 Å². The topological polar surface area (TPSA) is 98.1 Å². The highest BCUT2D eigenvalue weighted by molar-refractivity contribution is 6.04. The third kappa shape index (κ3) is 3.38. The number of aromatic nitrogens is 5. The maximum Gasteiger partial charge on any atom is 0.278 e. The Morgan fingerprint density at radius 1 is 1.18 bits per heavy atom. The van der Waals surface area contributed by atoms with Crippen LogP contribution < -0.4 is 15.0 Å². The molecule has 1 saturated heterocycles. The van der Waals surface area contributed by atoms with Crippen molar-refractivity contribution in [3.8, 4) is 11.4 Å². The van der Waals surface area contributed by atoms with Gasteiger partial charge < -0.3 is 15.0 Å². The Morgan fingerprint density at radius 3 is 2.64 bits per heavy atom. The van der Waals surface area contributed by atoms with E-state index in [2.05, 4.69) is 30.5 Å². The van der Waals surface area contributed by atoms with Gasteiger partial charge in [0.05, 0.1) is 24.7 Å². The lowest BCUT2D eigenvalue weighted by atomic mass is 10.2. The van der Waals surface area contributed by atoms with E-state index in [-0.39, 0.29) is 11.6 Å². The number of amides is 1. The van der Waals surface area contributed by atoms with Crippen LogP contribution in [0, 0.1) is 6.92 Å². The molecule has 2 aromatic heterocycles. The molecule has 9 heteroatoms. The monoisotopic (exact) mass is 379 g/mol. The van der Waals surface area contributed by atoms with Gasteiger partial charge in [0.25, 0.3) is 5.91 Å². The number of carbonyl (C=O) groups excluding carboxylic acids is 1. The molecule has 0 aliphatic carbocycles. The quantitative estimate of drug-likeness (QED) is 0.726. The van der Waals surface area contributed by atoms with Gasteiger partial charge in [0.1, 0.15) is 17.8 Å². The highest BCUT2D eigenvalue weighted by atomic mass is 16.5. The fourth-order valence-electron chi connectivity index (χ4n) is 3.28. The molecule has 3 heterocycles. The van der Waals surface area contributed by atoms with E-state index in [4.69, 9.17) is 4.74 Å². The Bertz CT molecular complexity index is 978. The highest BCUT2D eigenvalue weighted by Crippen LogP contribution is 2.26. The molecule has 1 amide bonds. The van der Waals surface area contributed by atoms with Crippen LogP contribution in [-0.4, -0.2) is 51.1 Å². The van der Waals surface area contributed by atoms with Gasteiger partial charge in [-0.2, -0.15) is 0 Å². The second-order valence-corrected chi connectivity index (χ2v) is 6.54. The summed E-state index contributed by atoms with van der Waals surface area (Å²) in [6.45, 7) is 3.65. The zero-order valence-electron chi connectivity index (χ0n) is 15.8. The lowest BCUT2D eigenvalue weighted by Gasteiger charge is -2.19.